The van der Waals surface area contributed by atoms with Gasteiger partial charge >= 0.3 is 6.18 Å². The molecular formula is C26H27F3N4O. The van der Waals surface area contributed by atoms with E-state index in [2.05, 4.69) is 23.4 Å². The van der Waals surface area contributed by atoms with Crippen LogP contribution in [0.3, 0.4) is 0 Å². The van der Waals surface area contributed by atoms with Gasteiger partial charge in [0, 0.05) is 18.5 Å². The summed E-state index contributed by atoms with van der Waals surface area (Å²) in [6.45, 7) is 7.89. The average Bonchev–Trinajstić information content (AvgIpc) is 3.14. The van der Waals surface area contributed by atoms with Crippen LogP contribution in [0.4, 0.5) is 19.0 Å². The van der Waals surface area contributed by atoms with Crippen LogP contribution >= 0.6 is 0 Å². The topological polar surface area (TPSA) is 66.0 Å². The van der Waals surface area contributed by atoms with E-state index in [1.165, 1.54) is 18.2 Å². The molecule has 4 aromatic rings. The summed E-state index contributed by atoms with van der Waals surface area (Å²) in [6, 6.07) is 11.1. The zero-order chi connectivity index (χ0) is 24.5. The molecule has 0 unspecified atom stereocenters. The highest BCUT2D eigenvalue weighted by atomic mass is 19.4. The van der Waals surface area contributed by atoms with E-state index in [1.807, 2.05) is 25.1 Å². The molecule has 0 fully saturated rings. The van der Waals surface area contributed by atoms with Gasteiger partial charge in [0.05, 0.1) is 16.6 Å². The minimum absolute atomic E-state index is 0.105. The first-order valence-corrected chi connectivity index (χ1v) is 11.2. The zero-order valence-electron chi connectivity index (χ0n) is 19.4. The minimum atomic E-state index is -4.42. The van der Waals surface area contributed by atoms with Gasteiger partial charge in [-0.25, -0.2) is 9.97 Å². The summed E-state index contributed by atoms with van der Waals surface area (Å²) < 4.78 is 47.7. The Labute approximate surface area is 196 Å². The number of nitrogen functional groups attached to an aromatic ring is 1. The SMILES string of the molecule is CCOCc1nc2c(N)nc3cc(C=Cc4ccccc4C(F)(F)F)ccc3c2n1CC(C)C. The third-order valence-electron chi connectivity index (χ3n) is 5.51. The normalized spacial score (nSPS) is 12.6. The van der Waals surface area contributed by atoms with Crippen molar-refractivity contribution in [3.63, 3.8) is 0 Å². The minimum Gasteiger partial charge on any atom is -0.382 e. The third kappa shape index (κ3) is 4.77. The number of halogens is 3. The van der Waals surface area contributed by atoms with Crippen LogP contribution in [-0.2, 0) is 24.1 Å². The molecule has 178 valence electrons. The maximum absolute atomic E-state index is 13.3. The van der Waals surface area contributed by atoms with E-state index in [0.717, 1.165) is 34.9 Å². The number of benzene rings is 2. The van der Waals surface area contributed by atoms with Crippen molar-refractivity contribution in [3.8, 4) is 0 Å². The molecule has 34 heavy (non-hydrogen) atoms. The number of alkyl halides is 3. The number of aromatic nitrogens is 3. The van der Waals surface area contributed by atoms with Crippen LogP contribution < -0.4 is 5.73 Å². The summed E-state index contributed by atoms with van der Waals surface area (Å²) in [5.74, 6) is 1.48. The molecule has 0 spiro atoms. The van der Waals surface area contributed by atoms with E-state index < -0.39 is 11.7 Å². The molecule has 0 saturated heterocycles. The molecule has 2 N–H and O–H groups in total. The van der Waals surface area contributed by atoms with E-state index in [0.29, 0.717) is 36.0 Å². The number of fused-ring (bicyclic) bond motifs is 3. The third-order valence-corrected chi connectivity index (χ3v) is 5.51. The molecule has 5 nitrogen and oxygen atoms in total. The Balaban J connectivity index is 1.81. The Bertz CT molecular complexity index is 1360. The molecule has 0 saturated carbocycles. The second kappa shape index (κ2) is 9.46. The Kier molecular flexibility index (Phi) is 6.61. The number of hydrogen-bond donors (Lipinski definition) is 1. The van der Waals surface area contributed by atoms with Crippen LogP contribution in [-0.4, -0.2) is 21.1 Å². The molecular weight excluding hydrogens is 441 g/mol. The average molecular weight is 469 g/mol. The number of nitrogens with two attached hydrogens (primary N) is 1. The second-order valence-corrected chi connectivity index (χ2v) is 8.56. The first-order valence-electron chi connectivity index (χ1n) is 11.2. The molecule has 4 rings (SSSR count). The van der Waals surface area contributed by atoms with Gasteiger partial charge < -0.3 is 15.0 Å². The van der Waals surface area contributed by atoms with Gasteiger partial charge in [0.25, 0.3) is 0 Å². The molecule has 2 heterocycles. The predicted molar refractivity (Wildman–Crippen MR) is 130 cm³/mol. The summed E-state index contributed by atoms with van der Waals surface area (Å²) >= 11 is 0. The van der Waals surface area contributed by atoms with Crippen molar-refractivity contribution in [2.75, 3.05) is 12.3 Å². The molecule has 0 aliphatic carbocycles. The largest absolute Gasteiger partial charge is 0.416 e. The molecule has 2 aromatic carbocycles. The number of hydrogen-bond acceptors (Lipinski definition) is 4. The van der Waals surface area contributed by atoms with Gasteiger partial charge in [0.1, 0.15) is 17.9 Å². The first kappa shape index (κ1) is 23.8. The lowest BCUT2D eigenvalue weighted by Crippen LogP contribution is -2.10. The van der Waals surface area contributed by atoms with E-state index in [4.69, 9.17) is 15.5 Å². The zero-order valence-corrected chi connectivity index (χ0v) is 19.4. The van der Waals surface area contributed by atoms with Gasteiger partial charge in [0.15, 0.2) is 5.82 Å². The Hall–Kier alpha value is -3.39. The summed E-state index contributed by atoms with van der Waals surface area (Å²) in [7, 11) is 0. The van der Waals surface area contributed by atoms with Crippen molar-refractivity contribution >= 4 is 39.9 Å². The van der Waals surface area contributed by atoms with Gasteiger partial charge in [-0.05, 0) is 36.1 Å². The smallest absolute Gasteiger partial charge is 0.382 e. The van der Waals surface area contributed by atoms with E-state index >= 15 is 0 Å². The van der Waals surface area contributed by atoms with Crippen molar-refractivity contribution in [1.29, 1.82) is 0 Å². The quantitative estimate of drug-likeness (QED) is 0.313. The lowest BCUT2D eigenvalue weighted by molar-refractivity contribution is -0.137. The van der Waals surface area contributed by atoms with Crippen molar-refractivity contribution in [3.05, 3.63) is 65.0 Å². The van der Waals surface area contributed by atoms with Crippen molar-refractivity contribution in [2.45, 2.75) is 40.1 Å². The highest BCUT2D eigenvalue weighted by Gasteiger charge is 2.32. The second-order valence-electron chi connectivity index (χ2n) is 8.56. The number of pyridine rings is 1. The summed E-state index contributed by atoms with van der Waals surface area (Å²) in [5.41, 5.74) is 8.61. The van der Waals surface area contributed by atoms with Gasteiger partial charge in [-0.3, -0.25) is 0 Å². The molecule has 8 heteroatoms. The fourth-order valence-corrected chi connectivity index (χ4v) is 4.03. The van der Waals surface area contributed by atoms with Gasteiger partial charge in [-0.15, -0.1) is 0 Å². The molecule has 0 bridgehead atoms. The summed E-state index contributed by atoms with van der Waals surface area (Å²) in [5, 5.41) is 0.882. The van der Waals surface area contributed by atoms with Crippen molar-refractivity contribution in [1.82, 2.24) is 14.5 Å². The van der Waals surface area contributed by atoms with Crippen molar-refractivity contribution in [2.24, 2.45) is 5.92 Å². The first-order chi connectivity index (χ1) is 16.2. The van der Waals surface area contributed by atoms with Crippen LogP contribution in [0.25, 0.3) is 34.1 Å². The molecule has 0 atom stereocenters. The molecule has 0 radical (unpaired) electrons. The number of rotatable bonds is 7. The Morgan fingerprint density at radius 2 is 1.85 bits per heavy atom. The van der Waals surface area contributed by atoms with Gasteiger partial charge in [-0.2, -0.15) is 13.2 Å². The predicted octanol–water partition coefficient (Wildman–Crippen LogP) is 6.55. The Morgan fingerprint density at radius 3 is 2.56 bits per heavy atom. The summed E-state index contributed by atoms with van der Waals surface area (Å²) in [4.78, 5) is 9.25. The monoisotopic (exact) mass is 468 g/mol. The van der Waals surface area contributed by atoms with Gasteiger partial charge in [-0.1, -0.05) is 56.3 Å². The number of imidazole rings is 1. The highest BCUT2D eigenvalue weighted by Crippen LogP contribution is 2.33. The standard InChI is InChI=1S/C26H27F3N4O/c1-4-34-15-22-32-23-24(33(22)14-16(2)3)19-12-10-17(13-21(19)31-25(23)30)9-11-18-7-5-6-8-20(18)26(27,28)29/h5-13,16H,4,14-15H2,1-3H3,(H2,30,31). The van der Waals surface area contributed by atoms with Crippen LogP contribution in [0.1, 0.15) is 43.3 Å². The number of ether oxygens (including phenoxy) is 1. The van der Waals surface area contributed by atoms with Crippen LogP contribution in [0, 0.1) is 5.92 Å². The lowest BCUT2D eigenvalue weighted by Gasteiger charge is -2.13. The maximum Gasteiger partial charge on any atom is 0.416 e. The fourth-order valence-electron chi connectivity index (χ4n) is 4.03. The molecule has 0 aliphatic rings. The molecule has 0 amide bonds. The molecule has 0 aliphatic heterocycles. The Morgan fingerprint density at radius 1 is 1.09 bits per heavy atom. The lowest BCUT2D eigenvalue weighted by atomic mass is 10.0. The summed E-state index contributed by atoms with van der Waals surface area (Å²) in [6.07, 6.45) is -1.30. The molecule has 2 aromatic heterocycles. The van der Waals surface area contributed by atoms with Crippen LogP contribution in [0.15, 0.2) is 42.5 Å². The van der Waals surface area contributed by atoms with Crippen molar-refractivity contribution < 1.29 is 17.9 Å². The highest BCUT2D eigenvalue weighted by molar-refractivity contribution is 6.07. The number of nitrogens with zero attached hydrogens (tertiary/aromatic N) is 3. The maximum atomic E-state index is 13.3. The van der Waals surface area contributed by atoms with Gasteiger partial charge in [0.2, 0.25) is 0 Å². The van der Waals surface area contributed by atoms with E-state index in [9.17, 15) is 13.2 Å². The fraction of sp³-hybridized carbons (Fsp3) is 0.308. The number of anilines is 1. The van der Waals surface area contributed by atoms with E-state index in [1.54, 1.807) is 12.1 Å². The van der Waals surface area contributed by atoms with E-state index in [-0.39, 0.29) is 5.56 Å². The van der Waals surface area contributed by atoms with Crippen LogP contribution in [0.2, 0.25) is 0 Å². The van der Waals surface area contributed by atoms with Crippen LogP contribution in [0.5, 0.6) is 0 Å².